The molecule has 0 bridgehead atoms. The number of hydrogen-bond acceptors (Lipinski definition) is 2. The fourth-order valence-corrected chi connectivity index (χ4v) is 1.57. The van der Waals surface area contributed by atoms with Crippen LogP contribution < -0.4 is 0 Å². The predicted octanol–water partition coefficient (Wildman–Crippen LogP) is 1.97. The second kappa shape index (κ2) is 4.27. The van der Waals surface area contributed by atoms with Crippen LogP contribution in [0.25, 0.3) is 0 Å². The van der Waals surface area contributed by atoms with Crippen LogP contribution in [0, 0.1) is 3.57 Å². The number of aliphatic hydroxyl groups is 1. The third-order valence-corrected chi connectivity index (χ3v) is 2.68. The van der Waals surface area contributed by atoms with Crippen molar-refractivity contribution in [2.24, 2.45) is 0 Å². The molecule has 76 valence electrons. The molecule has 2 N–H and O–H groups in total. The lowest BCUT2D eigenvalue weighted by atomic mass is 9.93. The summed E-state index contributed by atoms with van der Waals surface area (Å²) in [5.74, 6) is -1.01. The summed E-state index contributed by atoms with van der Waals surface area (Å²) in [5.41, 5.74) is -0.670. The number of hydrogen-bond donors (Lipinski definition) is 2. The molecule has 0 radical (unpaired) electrons. The van der Waals surface area contributed by atoms with Gasteiger partial charge < -0.3 is 10.2 Å². The van der Waals surface area contributed by atoms with E-state index >= 15 is 0 Å². The first-order valence-corrected chi connectivity index (χ1v) is 5.20. The van der Waals surface area contributed by atoms with E-state index in [1.807, 2.05) is 12.1 Å². The van der Waals surface area contributed by atoms with Crippen LogP contribution in [-0.2, 0) is 10.4 Å². The summed E-state index contributed by atoms with van der Waals surface area (Å²) in [6, 6.07) is 7.16. The highest BCUT2D eigenvalue weighted by molar-refractivity contribution is 14.1. The van der Waals surface area contributed by atoms with Gasteiger partial charge in [0.05, 0.1) is 12.0 Å². The van der Waals surface area contributed by atoms with Crippen molar-refractivity contribution in [3.05, 3.63) is 33.4 Å². The molecule has 0 saturated heterocycles. The van der Waals surface area contributed by atoms with Gasteiger partial charge in [0.2, 0.25) is 0 Å². The molecule has 1 atom stereocenters. The Kier molecular flexibility index (Phi) is 3.49. The SMILES string of the molecule is CC(O)(CC(=O)O)c1ccc(I)cc1. The second-order valence-electron chi connectivity index (χ2n) is 3.35. The van der Waals surface area contributed by atoms with E-state index in [0.29, 0.717) is 5.56 Å². The molecule has 0 aromatic heterocycles. The third kappa shape index (κ3) is 2.95. The number of carboxylic acids is 1. The first-order chi connectivity index (χ1) is 6.42. The minimum atomic E-state index is -1.30. The van der Waals surface area contributed by atoms with Crippen molar-refractivity contribution in [1.29, 1.82) is 0 Å². The molecule has 14 heavy (non-hydrogen) atoms. The van der Waals surface area contributed by atoms with Gasteiger partial charge in [0.15, 0.2) is 0 Å². The minimum Gasteiger partial charge on any atom is -0.481 e. The van der Waals surface area contributed by atoms with Crippen LogP contribution in [0.4, 0.5) is 0 Å². The van der Waals surface area contributed by atoms with Crippen LogP contribution in [0.2, 0.25) is 0 Å². The van der Waals surface area contributed by atoms with Gasteiger partial charge in [-0.1, -0.05) is 12.1 Å². The zero-order chi connectivity index (χ0) is 10.8. The quantitative estimate of drug-likeness (QED) is 0.840. The molecule has 0 aliphatic rings. The molecule has 0 aliphatic heterocycles. The number of aliphatic carboxylic acids is 1. The van der Waals surface area contributed by atoms with Crippen LogP contribution in [0.15, 0.2) is 24.3 Å². The van der Waals surface area contributed by atoms with Crippen LogP contribution in [0.3, 0.4) is 0 Å². The molecule has 0 saturated carbocycles. The standard InChI is InChI=1S/C10H11IO3/c1-10(14,6-9(12)13)7-2-4-8(11)5-3-7/h2-5,14H,6H2,1H3,(H,12,13). The lowest BCUT2D eigenvalue weighted by Crippen LogP contribution is -2.24. The van der Waals surface area contributed by atoms with Crippen molar-refractivity contribution in [1.82, 2.24) is 0 Å². The van der Waals surface area contributed by atoms with E-state index in [-0.39, 0.29) is 6.42 Å². The Balaban J connectivity index is 2.91. The molecule has 1 aromatic carbocycles. The molecule has 0 fully saturated rings. The van der Waals surface area contributed by atoms with Crippen LogP contribution in [0.1, 0.15) is 18.9 Å². The fraction of sp³-hybridized carbons (Fsp3) is 0.300. The molecular weight excluding hydrogens is 295 g/mol. The Labute approximate surface area is 95.9 Å². The van der Waals surface area contributed by atoms with Gasteiger partial charge in [-0.15, -0.1) is 0 Å². The van der Waals surface area contributed by atoms with Crippen LogP contribution in [0.5, 0.6) is 0 Å². The van der Waals surface area contributed by atoms with Crippen molar-refractivity contribution in [3.63, 3.8) is 0 Å². The first-order valence-electron chi connectivity index (χ1n) is 4.12. The number of carbonyl (C=O) groups is 1. The Hall–Kier alpha value is -0.620. The van der Waals surface area contributed by atoms with Gasteiger partial charge in [0.25, 0.3) is 0 Å². The summed E-state index contributed by atoms with van der Waals surface area (Å²) in [4.78, 5) is 10.5. The predicted molar refractivity (Wildman–Crippen MR) is 61.0 cm³/mol. The second-order valence-corrected chi connectivity index (χ2v) is 4.60. The summed E-state index contributed by atoms with van der Waals surface area (Å²) in [5, 5.41) is 18.5. The van der Waals surface area contributed by atoms with Crippen molar-refractivity contribution in [2.45, 2.75) is 18.9 Å². The lowest BCUT2D eigenvalue weighted by molar-refractivity contribution is -0.142. The third-order valence-electron chi connectivity index (χ3n) is 1.96. The highest BCUT2D eigenvalue weighted by atomic mass is 127. The Morgan fingerprint density at radius 1 is 1.43 bits per heavy atom. The highest BCUT2D eigenvalue weighted by Gasteiger charge is 2.26. The topological polar surface area (TPSA) is 57.5 Å². The molecule has 4 heteroatoms. The highest BCUT2D eigenvalue weighted by Crippen LogP contribution is 2.24. The van der Waals surface area contributed by atoms with E-state index in [1.165, 1.54) is 6.92 Å². The number of benzene rings is 1. The van der Waals surface area contributed by atoms with Crippen LogP contribution >= 0.6 is 22.6 Å². The van der Waals surface area contributed by atoms with E-state index in [4.69, 9.17) is 5.11 Å². The maximum absolute atomic E-state index is 10.5. The zero-order valence-corrected chi connectivity index (χ0v) is 9.85. The molecule has 1 unspecified atom stereocenters. The van der Waals surface area contributed by atoms with Crippen molar-refractivity contribution < 1.29 is 15.0 Å². The maximum atomic E-state index is 10.5. The average molecular weight is 306 g/mol. The Morgan fingerprint density at radius 2 is 1.93 bits per heavy atom. The minimum absolute atomic E-state index is 0.284. The summed E-state index contributed by atoms with van der Waals surface area (Å²) in [6.07, 6.45) is -0.284. The molecule has 0 amide bonds. The fourth-order valence-electron chi connectivity index (χ4n) is 1.21. The van der Waals surface area contributed by atoms with Gasteiger partial charge in [-0.05, 0) is 47.2 Å². The van der Waals surface area contributed by atoms with Crippen molar-refractivity contribution in [2.75, 3.05) is 0 Å². The molecule has 0 heterocycles. The Morgan fingerprint density at radius 3 is 2.36 bits per heavy atom. The normalized spacial score (nSPS) is 14.8. The largest absolute Gasteiger partial charge is 0.481 e. The molecule has 0 aliphatic carbocycles. The average Bonchev–Trinajstić information content (AvgIpc) is 2.02. The van der Waals surface area contributed by atoms with E-state index in [2.05, 4.69) is 22.6 Å². The van der Waals surface area contributed by atoms with Gasteiger partial charge in [-0.25, -0.2) is 0 Å². The molecule has 1 rings (SSSR count). The summed E-state index contributed by atoms with van der Waals surface area (Å²) < 4.78 is 1.05. The van der Waals surface area contributed by atoms with E-state index in [0.717, 1.165) is 3.57 Å². The lowest BCUT2D eigenvalue weighted by Gasteiger charge is -2.21. The molecular formula is C10H11IO3. The van der Waals surface area contributed by atoms with Gasteiger partial charge in [-0.3, -0.25) is 4.79 Å². The Bertz CT molecular complexity index is 330. The monoisotopic (exact) mass is 306 g/mol. The van der Waals surface area contributed by atoms with E-state index in [9.17, 15) is 9.90 Å². The summed E-state index contributed by atoms with van der Waals surface area (Å²) in [6.45, 7) is 1.50. The summed E-state index contributed by atoms with van der Waals surface area (Å²) >= 11 is 2.15. The number of halogens is 1. The van der Waals surface area contributed by atoms with Gasteiger partial charge in [0, 0.05) is 3.57 Å². The van der Waals surface area contributed by atoms with Gasteiger partial charge >= 0.3 is 5.97 Å². The zero-order valence-electron chi connectivity index (χ0n) is 7.70. The number of rotatable bonds is 3. The van der Waals surface area contributed by atoms with Crippen molar-refractivity contribution >= 4 is 28.6 Å². The molecule has 3 nitrogen and oxygen atoms in total. The smallest absolute Gasteiger partial charge is 0.306 e. The van der Waals surface area contributed by atoms with Gasteiger partial charge in [0.1, 0.15) is 0 Å². The van der Waals surface area contributed by atoms with E-state index < -0.39 is 11.6 Å². The van der Waals surface area contributed by atoms with Gasteiger partial charge in [-0.2, -0.15) is 0 Å². The first kappa shape index (κ1) is 11.5. The van der Waals surface area contributed by atoms with Crippen LogP contribution in [-0.4, -0.2) is 16.2 Å². The molecule has 1 aromatic rings. The number of carboxylic acid groups (broad SMARTS) is 1. The van der Waals surface area contributed by atoms with Crippen molar-refractivity contribution in [3.8, 4) is 0 Å². The maximum Gasteiger partial charge on any atom is 0.306 e. The van der Waals surface area contributed by atoms with E-state index in [1.54, 1.807) is 12.1 Å². The molecule has 0 spiro atoms. The summed E-state index contributed by atoms with van der Waals surface area (Å²) in [7, 11) is 0.